The molecule has 0 aliphatic carbocycles. The molecule has 0 aromatic heterocycles. The standard InChI is InChI=1S/C12H13BrFNO3S/c1-7-3-9(13)4-8(2)12(7)15-6-10(5-11(15)16)19(14,17)18/h3-4,10H,5-6H2,1-2H3. The summed E-state index contributed by atoms with van der Waals surface area (Å²) in [6.45, 7) is 3.54. The van der Waals surface area contributed by atoms with Crippen molar-refractivity contribution in [3.8, 4) is 0 Å². The lowest BCUT2D eigenvalue weighted by Crippen LogP contribution is -2.28. The van der Waals surface area contributed by atoms with E-state index in [1.807, 2.05) is 26.0 Å². The first-order valence-electron chi connectivity index (χ1n) is 5.70. The molecule has 104 valence electrons. The SMILES string of the molecule is Cc1cc(Br)cc(C)c1N1CC(S(=O)(=O)F)CC1=O. The third kappa shape index (κ3) is 2.81. The Labute approximate surface area is 119 Å². The van der Waals surface area contributed by atoms with Crippen LogP contribution in [0.15, 0.2) is 16.6 Å². The third-order valence-corrected chi connectivity index (χ3v) is 4.78. The monoisotopic (exact) mass is 349 g/mol. The zero-order valence-corrected chi connectivity index (χ0v) is 12.9. The maximum atomic E-state index is 13.0. The molecular formula is C12H13BrFNO3S. The van der Waals surface area contributed by atoms with Gasteiger partial charge in [-0.15, -0.1) is 3.89 Å². The molecule has 1 aliphatic rings. The lowest BCUT2D eigenvalue weighted by atomic mass is 10.1. The number of nitrogens with zero attached hydrogens (tertiary/aromatic N) is 1. The second-order valence-corrected chi connectivity index (χ2v) is 7.23. The lowest BCUT2D eigenvalue weighted by molar-refractivity contribution is -0.117. The van der Waals surface area contributed by atoms with Crippen LogP contribution in [0, 0.1) is 13.8 Å². The molecular weight excluding hydrogens is 337 g/mol. The number of anilines is 1. The molecule has 0 N–H and O–H groups in total. The molecule has 7 heteroatoms. The number of hydrogen-bond donors (Lipinski definition) is 0. The van der Waals surface area contributed by atoms with Crippen molar-refractivity contribution in [2.24, 2.45) is 0 Å². The second kappa shape index (κ2) is 4.86. The van der Waals surface area contributed by atoms with Gasteiger partial charge in [-0.3, -0.25) is 4.79 Å². The fourth-order valence-electron chi connectivity index (χ4n) is 2.41. The van der Waals surface area contributed by atoms with Crippen molar-refractivity contribution in [2.45, 2.75) is 25.5 Å². The van der Waals surface area contributed by atoms with E-state index in [1.54, 1.807) is 0 Å². The van der Waals surface area contributed by atoms with Gasteiger partial charge in [0, 0.05) is 23.1 Å². The molecule has 0 radical (unpaired) electrons. The third-order valence-electron chi connectivity index (χ3n) is 3.21. The summed E-state index contributed by atoms with van der Waals surface area (Å²) in [5.74, 6) is -0.361. The molecule has 1 aromatic rings. The van der Waals surface area contributed by atoms with Crippen molar-refractivity contribution in [1.82, 2.24) is 0 Å². The van der Waals surface area contributed by atoms with Gasteiger partial charge in [-0.05, 0) is 37.1 Å². The Morgan fingerprint density at radius 1 is 1.32 bits per heavy atom. The van der Waals surface area contributed by atoms with Gasteiger partial charge in [0.15, 0.2) is 0 Å². The Morgan fingerprint density at radius 3 is 2.26 bits per heavy atom. The van der Waals surface area contributed by atoms with Crippen molar-refractivity contribution >= 4 is 37.7 Å². The summed E-state index contributed by atoms with van der Waals surface area (Å²) in [6.07, 6.45) is -0.298. The number of aryl methyl sites for hydroxylation is 2. The van der Waals surface area contributed by atoms with Gasteiger partial charge in [-0.1, -0.05) is 15.9 Å². The predicted octanol–water partition coefficient (Wildman–Crippen LogP) is 2.47. The quantitative estimate of drug-likeness (QED) is 0.770. The van der Waals surface area contributed by atoms with Gasteiger partial charge in [0.25, 0.3) is 0 Å². The Morgan fingerprint density at radius 2 is 1.84 bits per heavy atom. The molecule has 1 heterocycles. The molecule has 2 rings (SSSR count). The van der Waals surface area contributed by atoms with Crippen molar-refractivity contribution in [3.05, 3.63) is 27.7 Å². The van der Waals surface area contributed by atoms with Crippen LogP contribution in [0.5, 0.6) is 0 Å². The minimum Gasteiger partial charge on any atom is -0.310 e. The molecule has 1 aromatic carbocycles. The first-order chi connectivity index (χ1) is 8.70. The highest BCUT2D eigenvalue weighted by molar-refractivity contribution is 9.10. The molecule has 0 bridgehead atoms. The van der Waals surface area contributed by atoms with E-state index >= 15 is 0 Å². The summed E-state index contributed by atoms with van der Waals surface area (Å²) in [5.41, 5.74) is 2.36. The molecule has 19 heavy (non-hydrogen) atoms. The molecule has 1 aliphatic heterocycles. The Hall–Kier alpha value is -0.950. The topological polar surface area (TPSA) is 54.5 Å². The molecule has 1 saturated heterocycles. The van der Waals surface area contributed by atoms with Gasteiger partial charge in [0.2, 0.25) is 5.91 Å². The van der Waals surface area contributed by atoms with Gasteiger partial charge in [0.1, 0.15) is 5.25 Å². The summed E-state index contributed by atoms with van der Waals surface area (Å²) < 4.78 is 35.7. The number of benzene rings is 1. The molecule has 0 saturated carbocycles. The van der Waals surface area contributed by atoms with E-state index in [2.05, 4.69) is 15.9 Å². The van der Waals surface area contributed by atoms with E-state index < -0.39 is 15.5 Å². The minimum absolute atomic E-state index is 0.124. The predicted molar refractivity (Wildman–Crippen MR) is 74.4 cm³/mol. The van der Waals surface area contributed by atoms with Crippen LogP contribution in [-0.4, -0.2) is 26.1 Å². The van der Waals surface area contributed by atoms with E-state index in [-0.39, 0.29) is 18.9 Å². The van der Waals surface area contributed by atoms with Crippen molar-refractivity contribution in [3.63, 3.8) is 0 Å². The highest BCUT2D eigenvalue weighted by Gasteiger charge is 2.39. The number of carbonyl (C=O) groups excluding carboxylic acids is 1. The van der Waals surface area contributed by atoms with Gasteiger partial charge in [-0.25, -0.2) is 0 Å². The van der Waals surface area contributed by atoms with E-state index in [4.69, 9.17) is 0 Å². The van der Waals surface area contributed by atoms with E-state index in [0.29, 0.717) is 5.69 Å². The van der Waals surface area contributed by atoms with Crippen LogP contribution in [0.2, 0.25) is 0 Å². The Balaban J connectivity index is 2.42. The Bertz CT molecular complexity index is 621. The van der Waals surface area contributed by atoms with E-state index in [0.717, 1.165) is 15.6 Å². The van der Waals surface area contributed by atoms with Crippen LogP contribution >= 0.6 is 15.9 Å². The number of rotatable bonds is 2. The summed E-state index contributed by atoms with van der Waals surface area (Å²) in [7, 11) is -4.68. The van der Waals surface area contributed by atoms with Crippen molar-refractivity contribution < 1.29 is 17.1 Å². The Kier molecular flexibility index (Phi) is 3.70. The van der Waals surface area contributed by atoms with E-state index in [9.17, 15) is 17.1 Å². The smallest absolute Gasteiger partial charge is 0.307 e. The zero-order valence-electron chi connectivity index (χ0n) is 10.5. The molecule has 1 fully saturated rings. The number of amides is 1. The second-order valence-electron chi connectivity index (χ2n) is 4.69. The highest BCUT2D eigenvalue weighted by atomic mass is 79.9. The number of hydrogen-bond acceptors (Lipinski definition) is 3. The molecule has 1 amide bonds. The maximum absolute atomic E-state index is 13.0. The van der Waals surface area contributed by atoms with Crippen LogP contribution in [-0.2, 0) is 15.0 Å². The fourth-order valence-corrected chi connectivity index (χ4v) is 3.76. The van der Waals surface area contributed by atoms with E-state index in [1.165, 1.54) is 4.90 Å². The first kappa shape index (κ1) is 14.5. The first-order valence-corrected chi connectivity index (χ1v) is 7.94. The molecule has 1 unspecified atom stereocenters. The average molecular weight is 350 g/mol. The fraction of sp³-hybridized carbons (Fsp3) is 0.417. The largest absolute Gasteiger partial charge is 0.310 e. The van der Waals surface area contributed by atoms with Gasteiger partial charge in [-0.2, -0.15) is 8.42 Å². The van der Waals surface area contributed by atoms with Crippen LogP contribution in [0.1, 0.15) is 17.5 Å². The molecule has 4 nitrogen and oxygen atoms in total. The summed E-state index contributed by atoms with van der Waals surface area (Å²) in [5, 5.41) is -1.26. The van der Waals surface area contributed by atoms with Crippen LogP contribution in [0.3, 0.4) is 0 Å². The van der Waals surface area contributed by atoms with Crippen LogP contribution in [0.25, 0.3) is 0 Å². The van der Waals surface area contributed by atoms with Crippen LogP contribution in [0.4, 0.5) is 9.57 Å². The molecule has 0 spiro atoms. The van der Waals surface area contributed by atoms with Crippen molar-refractivity contribution in [2.75, 3.05) is 11.4 Å². The number of halogens is 2. The number of carbonyl (C=O) groups is 1. The normalized spacial score (nSPS) is 20.1. The summed E-state index contributed by atoms with van der Waals surface area (Å²) in [6, 6.07) is 3.68. The van der Waals surface area contributed by atoms with Gasteiger partial charge < -0.3 is 4.90 Å². The van der Waals surface area contributed by atoms with Gasteiger partial charge in [0.05, 0.1) is 0 Å². The van der Waals surface area contributed by atoms with Crippen molar-refractivity contribution in [1.29, 1.82) is 0 Å². The minimum atomic E-state index is -4.68. The maximum Gasteiger partial charge on any atom is 0.307 e. The summed E-state index contributed by atoms with van der Waals surface area (Å²) >= 11 is 3.36. The summed E-state index contributed by atoms with van der Waals surface area (Å²) in [4.78, 5) is 13.3. The lowest BCUT2D eigenvalue weighted by Gasteiger charge is -2.21. The molecule has 1 atom stereocenters. The van der Waals surface area contributed by atoms with Gasteiger partial charge >= 0.3 is 10.2 Å². The average Bonchev–Trinajstić information content (AvgIpc) is 2.59. The van der Waals surface area contributed by atoms with Crippen LogP contribution < -0.4 is 4.90 Å². The highest BCUT2D eigenvalue weighted by Crippen LogP contribution is 2.33. The zero-order chi connectivity index (χ0) is 14.4.